The molecule has 6 nitrogen and oxygen atoms in total. The van der Waals surface area contributed by atoms with Gasteiger partial charge in [0, 0.05) is 19.2 Å². The number of aromatic nitrogens is 3. The molecule has 2 aromatic heterocycles. The summed E-state index contributed by atoms with van der Waals surface area (Å²) in [6, 6.07) is 13.1. The number of rotatable bonds is 5. The highest BCUT2D eigenvalue weighted by Gasteiger charge is 2.12. The average Bonchev–Trinajstić information content (AvgIpc) is 3.20. The van der Waals surface area contributed by atoms with E-state index in [1.54, 1.807) is 13.1 Å². The summed E-state index contributed by atoms with van der Waals surface area (Å²) in [5, 5.41) is 9.00. The van der Waals surface area contributed by atoms with Gasteiger partial charge in [0.1, 0.15) is 0 Å². The molecule has 3 aromatic rings. The Kier molecular flexibility index (Phi) is 4.38. The van der Waals surface area contributed by atoms with Crippen molar-refractivity contribution >= 4 is 17.2 Å². The van der Waals surface area contributed by atoms with Crippen molar-refractivity contribution in [1.29, 1.82) is 0 Å². The minimum Gasteiger partial charge on any atom is -0.349 e. The third-order valence-corrected chi connectivity index (χ3v) is 4.30. The predicted molar refractivity (Wildman–Crippen MR) is 89.6 cm³/mol. The van der Waals surface area contributed by atoms with Gasteiger partial charge in [0.15, 0.2) is 5.82 Å². The van der Waals surface area contributed by atoms with Crippen LogP contribution >= 0.6 is 11.3 Å². The van der Waals surface area contributed by atoms with Gasteiger partial charge in [-0.25, -0.2) is 9.48 Å². The number of carbonyl (C=O) groups excluding carboxylic acids is 1. The first-order valence-corrected chi connectivity index (χ1v) is 8.06. The first kappa shape index (κ1) is 15.2. The van der Waals surface area contributed by atoms with Crippen LogP contribution in [0.25, 0.3) is 11.4 Å². The molecule has 0 saturated heterocycles. The van der Waals surface area contributed by atoms with Gasteiger partial charge in [0.2, 0.25) is 0 Å². The van der Waals surface area contributed by atoms with Crippen LogP contribution in [0.1, 0.15) is 9.67 Å². The quantitative estimate of drug-likeness (QED) is 0.776. The van der Waals surface area contributed by atoms with Crippen LogP contribution in [0.2, 0.25) is 0 Å². The average molecular weight is 328 g/mol. The maximum Gasteiger partial charge on any atom is 0.345 e. The van der Waals surface area contributed by atoms with Gasteiger partial charge in [-0.05, 0) is 11.4 Å². The summed E-state index contributed by atoms with van der Waals surface area (Å²) in [7, 11) is 1.69. The summed E-state index contributed by atoms with van der Waals surface area (Å²) >= 11 is 1.38. The third kappa shape index (κ3) is 3.24. The molecule has 23 heavy (non-hydrogen) atoms. The fourth-order valence-electron chi connectivity index (χ4n) is 2.24. The molecule has 1 aromatic carbocycles. The zero-order valence-electron chi connectivity index (χ0n) is 12.6. The van der Waals surface area contributed by atoms with E-state index in [0.29, 0.717) is 23.8 Å². The molecule has 0 aliphatic carbocycles. The minimum absolute atomic E-state index is 0.132. The standard InChI is InChI=1S/C16H16N4O2S/c1-19-14(12-6-3-2-4-7-12)18-20(16(19)22)10-9-17-15(21)13-8-5-11-23-13/h2-8,11H,9-10H2,1H3,(H,17,21). The molecule has 1 N–H and O–H groups in total. The Labute approximate surface area is 137 Å². The van der Waals surface area contributed by atoms with Crippen molar-refractivity contribution in [3.05, 3.63) is 63.2 Å². The smallest absolute Gasteiger partial charge is 0.345 e. The van der Waals surface area contributed by atoms with Crippen LogP contribution < -0.4 is 11.0 Å². The molecule has 0 spiro atoms. The molecule has 0 bridgehead atoms. The highest BCUT2D eigenvalue weighted by Crippen LogP contribution is 2.13. The second kappa shape index (κ2) is 6.62. The van der Waals surface area contributed by atoms with Crippen molar-refractivity contribution in [1.82, 2.24) is 19.7 Å². The summed E-state index contributed by atoms with van der Waals surface area (Å²) in [6.45, 7) is 0.679. The highest BCUT2D eigenvalue weighted by molar-refractivity contribution is 7.12. The molecule has 0 aliphatic heterocycles. The second-order valence-corrected chi connectivity index (χ2v) is 5.94. The summed E-state index contributed by atoms with van der Waals surface area (Å²) in [6.07, 6.45) is 0. The lowest BCUT2D eigenvalue weighted by Crippen LogP contribution is -2.31. The van der Waals surface area contributed by atoms with Crippen molar-refractivity contribution in [3.63, 3.8) is 0 Å². The number of nitrogens with one attached hydrogen (secondary N) is 1. The largest absolute Gasteiger partial charge is 0.349 e. The number of thiophene rings is 1. The highest BCUT2D eigenvalue weighted by atomic mass is 32.1. The van der Waals surface area contributed by atoms with Gasteiger partial charge in [-0.1, -0.05) is 36.4 Å². The number of nitrogens with zero attached hydrogens (tertiary/aromatic N) is 3. The van der Waals surface area contributed by atoms with E-state index < -0.39 is 0 Å². The molecule has 0 aliphatic rings. The molecule has 0 saturated carbocycles. The lowest BCUT2D eigenvalue weighted by atomic mass is 10.2. The van der Waals surface area contributed by atoms with E-state index in [1.807, 2.05) is 41.8 Å². The topological polar surface area (TPSA) is 68.9 Å². The lowest BCUT2D eigenvalue weighted by molar-refractivity contribution is 0.0956. The van der Waals surface area contributed by atoms with Crippen LogP contribution in [-0.4, -0.2) is 26.8 Å². The second-order valence-electron chi connectivity index (χ2n) is 4.99. The molecule has 0 unspecified atom stereocenters. The molecule has 0 radical (unpaired) electrons. The van der Waals surface area contributed by atoms with Gasteiger partial charge in [-0.15, -0.1) is 16.4 Å². The Morgan fingerprint density at radius 1 is 1.22 bits per heavy atom. The van der Waals surface area contributed by atoms with Crippen LogP contribution in [0, 0.1) is 0 Å². The van der Waals surface area contributed by atoms with Crippen molar-refractivity contribution in [2.45, 2.75) is 6.54 Å². The van der Waals surface area contributed by atoms with E-state index in [-0.39, 0.29) is 11.6 Å². The summed E-state index contributed by atoms with van der Waals surface area (Å²) in [5.74, 6) is 0.479. The van der Waals surface area contributed by atoms with Gasteiger partial charge < -0.3 is 5.32 Å². The zero-order chi connectivity index (χ0) is 16.2. The monoisotopic (exact) mass is 328 g/mol. The molecule has 2 heterocycles. The Balaban J connectivity index is 1.69. The normalized spacial score (nSPS) is 10.7. The van der Waals surface area contributed by atoms with Gasteiger partial charge in [-0.3, -0.25) is 9.36 Å². The maximum atomic E-state index is 12.2. The fraction of sp³-hybridized carbons (Fsp3) is 0.188. The molecule has 3 rings (SSSR count). The fourth-order valence-corrected chi connectivity index (χ4v) is 2.88. The number of amides is 1. The Morgan fingerprint density at radius 3 is 2.70 bits per heavy atom. The van der Waals surface area contributed by atoms with E-state index >= 15 is 0 Å². The van der Waals surface area contributed by atoms with Crippen molar-refractivity contribution < 1.29 is 4.79 Å². The molecule has 7 heteroatoms. The Morgan fingerprint density at radius 2 is 2.00 bits per heavy atom. The van der Waals surface area contributed by atoms with Crippen LogP contribution in [0.3, 0.4) is 0 Å². The third-order valence-electron chi connectivity index (χ3n) is 3.43. The molecule has 118 valence electrons. The first-order valence-electron chi connectivity index (χ1n) is 7.18. The van der Waals surface area contributed by atoms with Crippen molar-refractivity contribution in [3.8, 4) is 11.4 Å². The number of benzene rings is 1. The van der Waals surface area contributed by atoms with Gasteiger partial charge in [0.25, 0.3) is 5.91 Å². The van der Waals surface area contributed by atoms with Crippen molar-refractivity contribution in [2.75, 3.05) is 6.54 Å². The molecule has 0 atom stereocenters. The lowest BCUT2D eigenvalue weighted by Gasteiger charge is -2.02. The number of hydrogen-bond donors (Lipinski definition) is 1. The van der Waals surface area contributed by atoms with E-state index in [4.69, 9.17) is 0 Å². The Hall–Kier alpha value is -2.67. The maximum absolute atomic E-state index is 12.2. The van der Waals surface area contributed by atoms with E-state index in [1.165, 1.54) is 20.6 Å². The SMILES string of the molecule is Cn1c(-c2ccccc2)nn(CCNC(=O)c2cccs2)c1=O. The number of carbonyl (C=O) groups is 1. The number of hydrogen-bond acceptors (Lipinski definition) is 4. The van der Waals surface area contributed by atoms with Crippen LogP contribution in [-0.2, 0) is 13.6 Å². The van der Waals surface area contributed by atoms with E-state index in [0.717, 1.165) is 5.56 Å². The molecular weight excluding hydrogens is 312 g/mol. The molecule has 1 amide bonds. The Bertz CT molecular complexity index is 850. The predicted octanol–water partition coefficient (Wildman–Crippen LogP) is 1.74. The van der Waals surface area contributed by atoms with Crippen LogP contribution in [0.4, 0.5) is 0 Å². The van der Waals surface area contributed by atoms with Crippen LogP contribution in [0.15, 0.2) is 52.6 Å². The first-order chi connectivity index (χ1) is 11.2. The minimum atomic E-state index is -0.200. The van der Waals surface area contributed by atoms with Crippen LogP contribution in [0.5, 0.6) is 0 Å². The molecular formula is C16H16N4O2S. The zero-order valence-corrected chi connectivity index (χ0v) is 13.4. The van der Waals surface area contributed by atoms with Crippen molar-refractivity contribution in [2.24, 2.45) is 7.05 Å². The summed E-state index contributed by atoms with van der Waals surface area (Å²) in [5.41, 5.74) is 0.683. The van der Waals surface area contributed by atoms with E-state index in [2.05, 4.69) is 10.4 Å². The van der Waals surface area contributed by atoms with Gasteiger partial charge in [-0.2, -0.15) is 0 Å². The van der Waals surface area contributed by atoms with Gasteiger partial charge >= 0.3 is 5.69 Å². The molecule has 0 fully saturated rings. The van der Waals surface area contributed by atoms with Gasteiger partial charge in [0.05, 0.1) is 11.4 Å². The van der Waals surface area contributed by atoms with E-state index in [9.17, 15) is 9.59 Å². The summed E-state index contributed by atoms with van der Waals surface area (Å²) in [4.78, 5) is 24.7. The summed E-state index contributed by atoms with van der Waals surface area (Å²) < 4.78 is 2.88.